The third-order valence-corrected chi connectivity index (χ3v) is 2.62. The van der Waals surface area contributed by atoms with Gasteiger partial charge >= 0.3 is 0 Å². The molecule has 1 aromatic carbocycles. The fourth-order valence-electron chi connectivity index (χ4n) is 1.61. The first-order valence-electron chi connectivity index (χ1n) is 6.20. The molecule has 0 aromatic heterocycles. The molecule has 0 radical (unpaired) electrons. The maximum atomic E-state index is 10.8. The lowest BCUT2D eigenvalue weighted by molar-refractivity contribution is -0.385. The van der Waals surface area contributed by atoms with E-state index in [1.165, 1.54) is 13.2 Å². The summed E-state index contributed by atoms with van der Waals surface area (Å²) in [5.41, 5.74) is 0.850. The number of non-ortho nitro benzene ring substituents is 1. The van der Waals surface area contributed by atoms with E-state index in [9.17, 15) is 10.1 Å². The molecule has 106 valence electrons. The molecule has 0 aliphatic heterocycles. The Labute approximate surface area is 112 Å². The summed E-state index contributed by atoms with van der Waals surface area (Å²) in [4.78, 5) is 10.4. The van der Waals surface area contributed by atoms with Gasteiger partial charge in [-0.25, -0.2) is 0 Å². The molecule has 0 bridgehead atoms. The Morgan fingerprint density at radius 1 is 1.42 bits per heavy atom. The molecule has 0 aliphatic carbocycles. The van der Waals surface area contributed by atoms with E-state index in [0.29, 0.717) is 25.5 Å². The molecule has 0 heterocycles. The predicted molar refractivity (Wildman–Crippen MR) is 72.4 cm³/mol. The number of nitrogens with one attached hydrogen (secondary N) is 1. The van der Waals surface area contributed by atoms with Crippen molar-refractivity contribution in [1.82, 2.24) is 5.32 Å². The first-order chi connectivity index (χ1) is 9.06. The molecule has 0 amide bonds. The minimum Gasteiger partial charge on any atom is -0.496 e. The summed E-state index contributed by atoms with van der Waals surface area (Å²) in [6, 6.07) is 4.92. The van der Waals surface area contributed by atoms with E-state index >= 15 is 0 Å². The van der Waals surface area contributed by atoms with Crippen LogP contribution < -0.4 is 10.1 Å². The molecule has 1 atom stereocenters. The molecule has 0 saturated carbocycles. The molecule has 6 nitrogen and oxygen atoms in total. The second kappa shape index (κ2) is 7.70. The third kappa shape index (κ3) is 5.23. The van der Waals surface area contributed by atoms with Crippen LogP contribution in [0.3, 0.4) is 0 Å². The highest BCUT2D eigenvalue weighted by atomic mass is 16.6. The van der Waals surface area contributed by atoms with Crippen LogP contribution in [0.15, 0.2) is 18.2 Å². The third-order valence-electron chi connectivity index (χ3n) is 2.62. The minimum atomic E-state index is -0.421. The van der Waals surface area contributed by atoms with E-state index in [-0.39, 0.29) is 11.7 Å². The predicted octanol–water partition coefficient (Wildman–Crippen LogP) is 2.12. The van der Waals surface area contributed by atoms with E-state index < -0.39 is 4.92 Å². The zero-order chi connectivity index (χ0) is 14.3. The normalized spacial score (nSPS) is 12.2. The highest BCUT2D eigenvalue weighted by Crippen LogP contribution is 2.22. The summed E-state index contributed by atoms with van der Waals surface area (Å²) in [7, 11) is 1.49. The highest BCUT2D eigenvalue weighted by molar-refractivity contribution is 5.42. The molecular formula is C13H20N2O4. The van der Waals surface area contributed by atoms with Gasteiger partial charge in [-0.1, -0.05) is 0 Å². The SMILES string of the molecule is CCOCC(C)NCc1cc(OC)cc([N+](=O)[O-])c1. The van der Waals surface area contributed by atoms with Crippen molar-refractivity contribution in [2.45, 2.75) is 26.4 Å². The molecule has 1 rings (SSSR count). The summed E-state index contributed by atoms with van der Waals surface area (Å²) in [5.74, 6) is 0.489. The van der Waals surface area contributed by atoms with Crippen LogP contribution in [0.4, 0.5) is 5.69 Å². The standard InChI is InChI=1S/C13H20N2O4/c1-4-19-9-10(2)14-8-11-5-12(15(16)17)7-13(6-11)18-3/h5-7,10,14H,4,8-9H2,1-3H3. The van der Waals surface area contributed by atoms with Gasteiger partial charge in [0, 0.05) is 25.3 Å². The van der Waals surface area contributed by atoms with E-state index in [1.807, 2.05) is 13.8 Å². The first-order valence-corrected chi connectivity index (χ1v) is 6.20. The van der Waals surface area contributed by atoms with Gasteiger partial charge in [-0.3, -0.25) is 10.1 Å². The number of methoxy groups -OCH3 is 1. The van der Waals surface area contributed by atoms with Gasteiger partial charge < -0.3 is 14.8 Å². The number of rotatable bonds is 8. The van der Waals surface area contributed by atoms with Crippen LogP contribution in [0.5, 0.6) is 5.75 Å². The van der Waals surface area contributed by atoms with Gasteiger partial charge in [-0.2, -0.15) is 0 Å². The maximum Gasteiger partial charge on any atom is 0.273 e. The molecule has 0 saturated heterocycles. The monoisotopic (exact) mass is 268 g/mol. The van der Waals surface area contributed by atoms with Gasteiger partial charge in [0.2, 0.25) is 0 Å². The fraction of sp³-hybridized carbons (Fsp3) is 0.538. The topological polar surface area (TPSA) is 73.6 Å². The van der Waals surface area contributed by atoms with Gasteiger partial charge in [0.05, 0.1) is 24.7 Å². The van der Waals surface area contributed by atoms with Crippen molar-refractivity contribution in [2.75, 3.05) is 20.3 Å². The summed E-state index contributed by atoms with van der Waals surface area (Å²) >= 11 is 0. The van der Waals surface area contributed by atoms with Gasteiger partial charge in [0.1, 0.15) is 5.75 Å². The van der Waals surface area contributed by atoms with E-state index in [2.05, 4.69) is 5.32 Å². The number of hydrogen-bond acceptors (Lipinski definition) is 5. The zero-order valence-corrected chi connectivity index (χ0v) is 11.5. The maximum absolute atomic E-state index is 10.8. The summed E-state index contributed by atoms with van der Waals surface area (Å²) < 4.78 is 10.4. The molecule has 1 N–H and O–H groups in total. The van der Waals surface area contributed by atoms with E-state index in [0.717, 1.165) is 5.56 Å². The Balaban J connectivity index is 2.66. The second-order valence-electron chi connectivity index (χ2n) is 4.24. The van der Waals surface area contributed by atoms with Crippen LogP contribution in [0.2, 0.25) is 0 Å². The second-order valence-corrected chi connectivity index (χ2v) is 4.24. The lowest BCUT2D eigenvalue weighted by atomic mass is 10.1. The average molecular weight is 268 g/mol. The summed E-state index contributed by atoms with van der Waals surface area (Å²) in [5, 5.41) is 14.1. The summed E-state index contributed by atoms with van der Waals surface area (Å²) in [6.07, 6.45) is 0. The molecule has 1 aromatic rings. The zero-order valence-electron chi connectivity index (χ0n) is 11.5. The Hall–Kier alpha value is -1.66. The average Bonchev–Trinajstić information content (AvgIpc) is 2.42. The Morgan fingerprint density at radius 3 is 2.74 bits per heavy atom. The van der Waals surface area contributed by atoms with Crippen molar-refractivity contribution >= 4 is 5.69 Å². The Kier molecular flexibility index (Phi) is 6.24. The van der Waals surface area contributed by atoms with Crippen LogP contribution in [0, 0.1) is 10.1 Å². The molecule has 0 spiro atoms. The van der Waals surface area contributed by atoms with Crippen molar-refractivity contribution < 1.29 is 14.4 Å². The Morgan fingerprint density at radius 2 is 2.16 bits per heavy atom. The van der Waals surface area contributed by atoms with Crippen molar-refractivity contribution in [3.63, 3.8) is 0 Å². The van der Waals surface area contributed by atoms with Crippen molar-refractivity contribution in [3.05, 3.63) is 33.9 Å². The van der Waals surface area contributed by atoms with Gasteiger partial charge in [-0.15, -0.1) is 0 Å². The molecule has 0 aliphatic rings. The minimum absolute atomic E-state index is 0.0358. The lowest BCUT2D eigenvalue weighted by Gasteiger charge is -2.14. The van der Waals surface area contributed by atoms with Gasteiger partial charge in [0.25, 0.3) is 5.69 Å². The largest absolute Gasteiger partial charge is 0.496 e. The molecule has 19 heavy (non-hydrogen) atoms. The fourth-order valence-corrected chi connectivity index (χ4v) is 1.61. The number of nitrogens with zero attached hydrogens (tertiary/aromatic N) is 1. The molecule has 0 fully saturated rings. The van der Waals surface area contributed by atoms with Gasteiger partial charge in [-0.05, 0) is 25.5 Å². The number of benzene rings is 1. The quantitative estimate of drug-likeness (QED) is 0.577. The highest BCUT2D eigenvalue weighted by Gasteiger charge is 2.10. The van der Waals surface area contributed by atoms with Crippen molar-refractivity contribution in [2.24, 2.45) is 0 Å². The lowest BCUT2D eigenvalue weighted by Crippen LogP contribution is -2.30. The molecular weight excluding hydrogens is 248 g/mol. The van der Waals surface area contributed by atoms with E-state index in [1.54, 1.807) is 12.1 Å². The molecule has 6 heteroatoms. The smallest absolute Gasteiger partial charge is 0.273 e. The van der Waals surface area contributed by atoms with Crippen LogP contribution in [-0.4, -0.2) is 31.3 Å². The number of nitro benzene ring substituents is 1. The molecule has 1 unspecified atom stereocenters. The van der Waals surface area contributed by atoms with Crippen LogP contribution in [0.1, 0.15) is 19.4 Å². The van der Waals surface area contributed by atoms with Crippen LogP contribution in [0.25, 0.3) is 0 Å². The van der Waals surface area contributed by atoms with Crippen LogP contribution >= 0.6 is 0 Å². The van der Waals surface area contributed by atoms with E-state index in [4.69, 9.17) is 9.47 Å². The van der Waals surface area contributed by atoms with Crippen molar-refractivity contribution in [1.29, 1.82) is 0 Å². The summed E-state index contributed by atoms with van der Waals surface area (Å²) in [6.45, 7) is 5.77. The number of nitro groups is 1. The number of ether oxygens (including phenoxy) is 2. The van der Waals surface area contributed by atoms with Gasteiger partial charge in [0.15, 0.2) is 0 Å². The Bertz CT molecular complexity index is 423. The van der Waals surface area contributed by atoms with Crippen molar-refractivity contribution in [3.8, 4) is 5.75 Å². The van der Waals surface area contributed by atoms with Crippen LogP contribution in [-0.2, 0) is 11.3 Å². The first kappa shape index (κ1) is 15.4. The number of hydrogen-bond donors (Lipinski definition) is 1.